The molecular weight excluding hydrogens is 464 g/mol. The summed E-state index contributed by atoms with van der Waals surface area (Å²) in [5.74, 6) is -0.928. The third-order valence-electron chi connectivity index (χ3n) is 5.37. The largest absolute Gasteiger partial charge is 0.321 e. The maximum atomic E-state index is 13.5. The second-order valence-corrected chi connectivity index (χ2v) is 9.05. The summed E-state index contributed by atoms with van der Waals surface area (Å²) in [4.78, 5) is 38.6. The van der Waals surface area contributed by atoms with Crippen LogP contribution in [-0.4, -0.2) is 22.0 Å². The fourth-order valence-electron chi connectivity index (χ4n) is 3.64. The van der Waals surface area contributed by atoms with Crippen molar-refractivity contribution in [2.45, 2.75) is 18.6 Å². The molecule has 1 atom stereocenters. The molecule has 1 aliphatic heterocycles. The summed E-state index contributed by atoms with van der Waals surface area (Å²) >= 11 is 1.11. The van der Waals surface area contributed by atoms with Crippen molar-refractivity contribution in [1.29, 1.82) is 5.26 Å². The van der Waals surface area contributed by atoms with Crippen LogP contribution in [0.3, 0.4) is 0 Å². The first-order chi connectivity index (χ1) is 16.9. The van der Waals surface area contributed by atoms with Gasteiger partial charge in [0.1, 0.15) is 16.7 Å². The van der Waals surface area contributed by atoms with Gasteiger partial charge in [0.05, 0.1) is 10.2 Å². The van der Waals surface area contributed by atoms with Crippen LogP contribution in [0.2, 0.25) is 0 Å². The van der Waals surface area contributed by atoms with Gasteiger partial charge < -0.3 is 5.32 Å². The molecule has 1 unspecified atom stereocenters. The molecule has 4 rings (SSSR count). The number of nitro groups is 1. The Kier molecular flexibility index (Phi) is 6.94. The van der Waals surface area contributed by atoms with Gasteiger partial charge in [0.2, 0.25) is 5.91 Å². The second-order valence-electron chi connectivity index (χ2n) is 7.86. The summed E-state index contributed by atoms with van der Waals surface area (Å²) in [6.45, 7) is 1.92. The summed E-state index contributed by atoms with van der Waals surface area (Å²) in [6, 6.07) is 24.0. The Labute approximate surface area is 206 Å². The maximum absolute atomic E-state index is 13.5. The Morgan fingerprint density at radius 3 is 2.49 bits per heavy atom. The van der Waals surface area contributed by atoms with E-state index in [-0.39, 0.29) is 28.6 Å². The molecule has 1 N–H and O–H groups in total. The van der Waals surface area contributed by atoms with E-state index >= 15 is 0 Å². The number of nitriles is 1. The molecule has 1 aliphatic rings. The highest BCUT2D eigenvalue weighted by molar-refractivity contribution is 8.05. The van der Waals surface area contributed by atoms with Crippen molar-refractivity contribution >= 4 is 40.6 Å². The summed E-state index contributed by atoms with van der Waals surface area (Å²) in [5.41, 5.74) is 2.41. The van der Waals surface area contributed by atoms with E-state index in [9.17, 15) is 25.0 Å². The van der Waals surface area contributed by atoms with E-state index in [1.54, 1.807) is 48.5 Å². The standard InChI is InChI=1S/C26H20N4O4S/c1-17-10-12-20(13-11-17)29-25(32)23(15-18-6-5-9-21(14-18)30(33)34)35-26(29)22(16-27)24(31)28-19-7-3-2-4-8-19/h2-14,23H,15H2,1H3,(H,28,31)/b26-22-. The maximum Gasteiger partial charge on any atom is 0.269 e. The molecular formula is C26H20N4O4S. The number of para-hydroxylation sites is 1. The molecule has 0 saturated carbocycles. The van der Waals surface area contributed by atoms with E-state index in [1.165, 1.54) is 17.0 Å². The summed E-state index contributed by atoms with van der Waals surface area (Å²) < 4.78 is 0. The fraction of sp³-hybridized carbons (Fsp3) is 0.115. The minimum Gasteiger partial charge on any atom is -0.321 e. The number of non-ortho nitro benzene ring substituents is 1. The predicted octanol–water partition coefficient (Wildman–Crippen LogP) is 4.97. The predicted molar refractivity (Wildman–Crippen MR) is 135 cm³/mol. The van der Waals surface area contributed by atoms with Gasteiger partial charge in [-0.2, -0.15) is 5.26 Å². The summed E-state index contributed by atoms with van der Waals surface area (Å²) in [6.07, 6.45) is 0.204. The van der Waals surface area contributed by atoms with Gasteiger partial charge in [0.25, 0.3) is 11.6 Å². The molecule has 0 bridgehead atoms. The molecule has 9 heteroatoms. The quantitative estimate of drug-likeness (QED) is 0.229. The Morgan fingerprint density at radius 1 is 1.11 bits per heavy atom. The number of rotatable bonds is 6. The lowest BCUT2D eigenvalue weighted by atomic mass is 10.1. The van der Waals surface area contributed by atoms with Crippen LogP contribution in [0, 0.1) is 28.4 Å². The van der Waals surface area contributed by atoms with Crippen molar-refractivity contribution in [1.82, 2.24) is 0 Å². The number of benzene rings is 3. The molecule has 1 saturated heterocycles. The zero-order valence-electron chi connectivity index (χ0n) is 18.7. The van der Waals surface area contributed by atoms with Gasteiger partial charge in [0.15, 0.2) is 0 Å². The lowest BCUT2D eigenvalue weighted by molar-refractivity contribution is -0.384. The van der Waals surface area contributed by atoms with Crippen LogP contribution in [0.15, 0.2) is 89.5 Å². The number of carbonyl (C=O) groups excluding carboxylic acids is 2. The third-order valence-corrected chi connectivity index (χ3v) is 6.63. The summed E-state index contributed by atoms with van der Waals surface area (Å²) in [5, 5.41) is 23.3. The molecule has 0 aromatic heterocycles. The molecule has 1 fully saturated rings. The zero-order chi connectivity index (χ0) is 24.9. The van der Waals surface area contributed by atoms with Crippen LogP contribution in [0.1, 0.15) is 11.1 Å². The van der Waals surface area contributed by atoms with Gasteiger partial charge in [0, 0.05) is 23.5 Å². The van der Waals surface area contributed by atoms with Crippen molar-refractivity contribution in [2.24, 2.45) is 0 Å². The number of anilines is 2. The van der Waals surface area contributed by atoms with Gasteiger partial charge >= 0.3 is 0 Å². The highest BCUT2D eigenvalue weighted by Gasteiger charge is 2.41. The van der Waals surface area contributed by atoms with Crippen LogP contribution in [0.5, 0.6) is 0 Å². The second kappa shape index (κ2) is 10.2. The molecule has 0 spiro atoms. The van der Waals surface area contributed by atoms with Crippen LogP contribution in [-0.2, 0) is 16.0 Å². The van der Waals surface area contributed by atoms with Crippen molar-refractivity contribution in [3.8, 4) is 6.07 Å². The fourth-order valence-corrected chi connectivity index (χ4v) is 4.95. The lowest BCUT2D eigenvalue weighted by Gasteiger charge is -2.19. The minimum absolute atomic E-state index is 0.0657. The number of hydrogen-bond acceptors (Lipinski definition) is 6. The molecule has 174 valence electrons. The number of hydrogen-bond donors (Lipinski definition) is 1. The van der Waals surface area contributed by atoms with Crippen molar-refractivity contribution in [3.05, 3.63) is 111 Å². The molecule has 1 heterocycles. The lowest BCUT2D eigenvalue weighted by Crippen LogP contribution is -2.30. The molecule has 0 aliphatic carbocycles. The van der Waals surface area contributed by atoms with Crippen molar-refractivity contribution in [3.63, 3.8) is 0 Å². The third kappa shape index (κ3) is 5.23. The molecule has 8 nitrogen and oxygen atoms in total. The van der Waals surface area contributed by atoms with Gasteiger partial charge in [-0.3, -0.25) is 24.6 Å². The summed E-state index contributed by atoms with van der Waals surface area (Å²) in [7, 11) is 0. The van der Waals surface area contributed by atoms with Gasteiger partial charge in [-0.05, 0) is 43.2 Å². The Bertz CT molecular complexity index is 1360. The van der Waals surface area contributed by atoms with E-state index in [1.807, 2.05) is 31.2 Å². The molecule has 3 aromatic rings. The van der Waals surface area contributed by atoms with E-state index < -0.39 is 16.1 Å². The topological polar surface area (TPSA) is 116 Å². The minimum atomic E-state index is -0.666. The number of thioether (sulfide) groups is 1. The first kappa shape index (κ1) is 23.7. The first-order valence-corrected chi connectivity index (χ1v) is 11.6. The van der Waals surface area contributed by atoms with Crippen LogP contribution in [0.4, 0.5) is 17.1 Å². The van der Waals surface area contributed by atoms with Gasteiger partial charge in [-0.15, -0.1) is 0 Å². The molecule has 0 radical (unpaired) electrons. The van der Waals surface area contributed by atoms with Crippen molar-refractivity contribution < 1.29 is 14.5 Å². The van der Waals surface area contributed by atoms with E-state index in [0.29, 0.717) is 16.9 Å². The molecule has 35 heavy (non-hydrogen) atoms. The first-order valence-electron chi connectivity index (χ1n) is 10.7. The Morgan fingerprint density at radius 2 is 1.83 bits per heavy atom. The van der Waals surface area contributed by atoms with Gasteiger partial charge in [-0.1, -0.05) is 59.8 Å². The van der Waals surface area contributed by atoms with E-state index in [4.69, 9.17) is 0 Å². The van der Waals surface area contributed by atoms with Crippen LogP contribution < -0.4 is 10.2 Å². The number of amides is 2. The zero-order valence-corrected chi connectivity index (χ0v) is 19.5. The number of carbonyl (C=O) groups is 2. The van der Waals surface area contributed by atoms with Gasteiger partial charge in [-0.25, -0.2) is 0 Å². The van der Waals surface area contributed by atoms with Crippen LogP contribution in [0.25, 0.3) is 0 Å². The SMILES string of the molecule is Cc1ccc(N2C(=O)C(Cc3cccc([N+](=O)[O-])c3)S/C2=C(/C#N)C(=O)Nc2ccccc2)cc1. The number of nitrogens with zero attached hydrogens (tertiary/aromatic N) is 3. The Hall–Kier alpha value is -4.42. The molecule has 2 amide bonds. The normalized spacial score (nSPS) is 16.5. The van der Waals surface area contributed by atoms with Crippen LogP contribution >= 0.6 is 11.8 Å². The smallest absolute Gasteiger partial charge is 0.269 e. The monoisotopic (exact) mass is 484 g/mol. The van der Waals surface area contributed by atoms with E-state index in [0.717, 1.165) is 17.3 Å². The number of nitrogens with one attached hydrogen (secondary N) is 1. The molecule has 3 aromatic carbocycles. The highest BCUT2D eigenvalue weighted by atomic mass is 32.2. The highest BCUT2D eigenvalue weighted by Crippen LogP contribution is 2.42. The number of aryl methyl sites for hydroxylation is 1. The average molecular weight is 485 g/mol. The average Bonchev–Trinajstić information content (AvgIpc) is 3.16. The Balaban J connectivity index is 1.72. The number of nitro benzene ring substituents is 1. The van der Waals surface area contributed by atoms with E-state index in [2.05, 4.69) is 5.32 Å². The van der Waals surface area contributed by atoms with Crippen molar-refractivity contribution in [2.75, 3.05) is 10.2 Å².